The molecule has 10 nitrogen and oxygen atoms in total. The third-order valence-electron chi connectivity index (χ3n) is 6.51. The number of amides is 1. The van der Waals surface area contributed by atoms with Gasteiger partial charge in [0.25, 0.3) is 0 Å². The van der Waals surface area contributed by atoms with E-state index in [1.54, 1.807) is 4.68 Å². The quantitative estimate of drug-likeness (QED) is 0.304. The van der Waals surface area contributed by atoms with Crippen LogP contribution in [-0.4, -0.2) is 61.3 Å². The van der Waals surface area contributed by atoms with Crippen LogP contribution in [0.3, 0.4) is 0 Å². The number of pyridine rings is 1. The van der Waals surface area contributed by atoms with Crippen LogP contribution in [0.25, 0.3) is 11.0 Å². The van der Waals surface area contributed by atoms with Crippen molar-refractivity contribution in [3.05, 3.63) is 12.1 Å². The van der Waals surface area contributed by atoms with Crippen molar-refractivity contribution in [3.63, 3.8) is 0 Å². The Labute approximate surface area is 244 Å². The lowest BCUT2D eigenvalue weighted by molar-refractivity contribution is -0.193. The fourth-order valence-corrected chi connectivity index (χ4v) is 5.15. The number of carboxylic acids is 2. The minimum absolute atomic E-state index is 0.00348. The largest absolute Gasteiger partial charge is 0.490 e. The highest BCUT2D eigenvalue weighted by Crippen LogP contribution is 2.48. The minimum atomic E-state index is -5.08. The molecule has 0 unspecified atom stereocenters. The highest BCUT2D eigenvalue weighted by Gasteiger charge is 2.41. The second kappa shape index (κ2) is 14.3. The Bertz CT molecular complexity index is 1230. The molecule has 2 aromatic rings. The molecule has 16 heteroatoms. The number of hydrogen-bond acceptors (Lipinski definition) is 6. The van der Waals surface area contributed by atoms with E-state index in [1.807, 2.05) is 19.2 Å². The van der Waals surface area contributed by atoms with Gasteiger partial charge in [-0.2, -0.15) is 36.4 Å². The van der Waals surface area contributed by atoms with Gasteiger partial charge in [-0.1, -0.05) is 41.5 Å². The first-order valence-corrected chi connectivity index (χ1v) is 13.3. The Kier molecular flexibility index (Phi) is 12.4. The summed E-state index contributed by atoms with van der Waals surface area (Å²) in [6.07, 6.45) is -5.18. The molecule has 2 heterocycles. The number of alkyl halides is 6. The number of nitrogens with zero attached hydrogens (tertiary/aromatic N) is 3. The third kappa shape index (κ3) is 11.9. The summed E-state index contributed by atoms with van der Waals surface area (Å²) in [5.74, 6) is -4.28. The monoisotopic (exact) mass is 628 g/mol. The van der Waals surface area contributed by atoms with Gasteiger partial charge in [0.05, 0.1) is 11.5 Å². The maximum Gasteiger partial charge on any atom is 0.490 e. The number of ether oxygens (including phenoxy) is 1. The van der Waals surface area contributed by atoms with Crippen LogP contribution in [-0.2, 0) is 21.4 Å². The van der Waals surface area contributed by atoms with Gasteiger partial charge in [-0.25, -0.2) is 14.3 Å². The van der Waals surface area contributed by atoms with Gasteiger partial charge < -0.3 is 20.3 Å². The lowest BCUT2D eigenvalue weighted by atomic mass is 9.61. The van der Waals surface area contributed by atoms with Crippen molar-refractivity contribution in [3.8, 4) is 5.88 Å². The van der Waals surface area contributed by atoms with Gasteiger partial charge in [-0.05, 0) is 49.0 Å². The molecule has 1 aliphatic carbocycles. The summed E-state index contributed by atoms with van der Waals surface area (Å²) in [4.78, 5) is 35.5. The molecule has 1 amide bonds. The zero-order chi connectivity index (χ0) is 33.6. The number of aryl methyl sites for hydroxylation is 1. The van der Waals surface area contributed by atoms with E-state index in [4.69, 9.17) is 24.5 Å². The highest BCUT2D eigenvalue weighted by molar-refractivity contribution is 5.99. The number of rotatable bonds is 6. The Morgan fingerprint density at radius 3 is 1.81 bits per heavy atom. The average Bonchev–Trinajstić information content (AvgIpc) is 3.14. The van der Waals surface area contributed by atoms with Crippen LogP contribution in [0, 0.1) is 16.7 Å². The molecule has 1 saturated carbocycles. The van der Waals surface area contributed by atoms with Crippen LogP contribution in [0.4, 0.5) is 32.2 Å². The van der Waals surface area contributed by atoms with Crippen molar-refractivity contribution in [2.75, 3.05) is 5.32 Å². The molecular formula is C27H38F6N4O6. The first-order valence-electron chi connectivity index (χ1n) is 13.3. The molecule has 1 fully saturated rings. The standard InChI is InChI=1S/C23H36N4O2.2C2HF3O2/c1-8-16(9-2)29-18-11-10-17-19(26-27(7)20(17)24-18)25-21(28)15-12-22(3,4)14-23(5,6)13-15;2*3-2(4,5)1(6)7/h10-11,15-16H,8-9,12-14H2,1-7H3,(H,25,26,28);2*(H,6,7). The first kappa shape index (κ1) is 37.4. The number of anilines is 1. The molecule has 0 atom stereocenters. The normalized spacial score (nSPS) is 16.4. The van der Waals surface area contributed by atoms with E-state index >= 15 is 0 Å². The number of hydrogen-bond donors (Lipinski definition) is 3. The van der Waals surface area contributed by atoms with E-state index in [0.717, 1.165) is 37.5 Å². The molecule has 0 bridgehead atoms. The highest BCUT2D eigenvalue weighted by atomic mass is 19.4. The Morgan fingerprint density at radius 2 is 1.42 bits per heavy atom. The van der Waals surface area contributed by atoms with Crippen LogP contribution in [0.5, 0.6) is 5.88 Å². The summed E-state index contributed by atoms with van der Waals surface area (Å²) >= 11 is 0. The molecule has 3 N–H and O–H groups in total. The van der Waals surface area contributed by atoms with Crippen LogP contribution in [0.1, 0.15) is 73.6 Å². The number of fused-ring (bicyclic) bond motifs is 1. The molecular weight excluding hydrogens is 590 g/mol. The number of aromatic nitrogens is 3. The number of carboxylic acid groups (broad SMARTS) is 2. The van der Waals surface area contributed by atoms with Gasteiger partial charge in [-0.15, -0.1) is 0 Å². The smallest absolute Gasteiger partial charge is 0.475 e. The van der Waals surface area contributed by atoms with E-state index in [2.05, 4.69) is 56.9 Å². The predicted octanol–water partition coefficient (Wildman–Crippen LogP) is 6.59. The summed E-state index contributed by atoms with van der Waals surface area (Å²) in [7, 11) is 1.85. The number of halogens is 6. The lowest BCUT2D eigenvalue weighted by Crippen LogP contribution is -2.39. The van der Waals surface area contributed by atoms with Crippen molar-refractivity contribution in [2.24, 2.45) is 23.8 Å². The second-order valence-electron chi connectivity index (χ2n) is 11.8. The molecule has 1 aliphatic rings. The molecule has 0 saturated heterocycles. The fraction of sp³-hybridized carbons (Fsp3) is 0.667. The second-order valence-corrected chi connectivity index (χ2v) is 11.8. The molecule has 0 radical (unpaired) electrons. The zero-order valence-corrected chi connectivity index (χ0v) is 25.0. The maximum atomic E-state index is 13.1. The van der Waals surface area contributed by atoms with Crippen molar-refractivity contribution in [1.82, 2.24) is 14.8 Å². The maximum absolute atomic E-state index is 13.1. The minimum Gasteiger partial charge on any atom is -0.475 e. The van der Waals surface area contributed by atoms with Crippen molar-refractivity contribution in [2.45, 2.75) is 92.1 Å². The Balaban J connectivity index is 0.000000548. The van der Waals surface area contributed by atoms with Crippen molar-refractivity contribution in [1.29, 1.82) is 0 Å². The molecule has 0 aliphatic heterocycles. The summed E-state index contributed by atoms with van der Waals surface area (Å²) in [5.41, 5.74) is 1.05. The zero-order valence-electron chi connectivity index (χ0n) is 25.0. The summed E-state index contributed by atoms with van der Waals surface area (Å²) in [6.45, 7) is 13.3. The Hall–Kier alpha value is -3.59. The van der Waals surface area contributed by atoms with E-state index < -0.39 is 24.3 Å². The molecule has 244 valence electrons. The Morgan fingerprint density at radius 1 is 0.977 bits per heavy atom. The van der Waals surface area contributed by atoms with Gasteiger partial charge in [0.15, 0.2) is 11.5 Å². The van der Waals surface area contributed by atoms with Crippen LogP contribution in [0.2, 0.25) is 0 Å². The lowest BCUT2D eigenvalue weighted by Gasteiger charge is -2.44. The molecule has 2 aromatic heterocycles. The number of nitrogens with one attached hydrogen (secondary N) is 1. The molecule has 0 aromatic carbocycles. The predicted molar refractivity (Wildman–Crippen MR) is 144 cm³/mol. The summed E-state index contributed by atoms with van der Waals surface area (Å²) in [5, 5.41) is 22.7. The van der Waals surface area contributed by atoms with E-state index in [0.29, 0.717) is 17.3 Å². The van der Waals surface area contributed by atoms with Crippen LogP contribution in [0.15, 0.2) is 12.1 Å². The van der Waals surface area contributed by atoms with Gasteiger partial charge in [0.1, 0.15) is 0 Å². The van der Waals surface area contributed by atoms with Gasteiger partial charge in [0, 0.05) is 19.0 Å². The van der Waals surface area contributed by atoms with Gasteiger partial charge in [0.2, 0.25) is 11.8 Å². The molecule has 0 spiro atoms. The average molecular weight is 629 g/mol. The first-order chi connectivity index (χ1) is 19.4. The topological polar surface area (TPSA) is 144 Å². The number of carbonyl (C=O) groups excluding carboxylic acids is 1. The van der Waals surface area contributed by atoms with Crippen LogP contribution < -0.4 is 10.1 Å². The molecule has 3 rings (SSSR count). The van der Waals surface area contributed by atoms with Crippen molar-refractivity contribution < 1.29 is 55.7 Å². The number of carbonyl (C=O) groups is 3. The third-order valence-corrected chi connectivity index (χ3v) is 6.51. The van der Waals surface area contributed by atoms with Crippen LogP contribution >= 0.6 is 0 Å². The summed E-state index contributed by atoms with van der Waals surface area (Å²) in [6, 6.07) is 3.81. The summed E-state index contributed by atoms with van der Waals surface area (Å²) < 4.78 is 71.1. The van der Waals surface area contributed by atoms with Gasteiger partial charge >= 0.3 is 24.3 Å². The van der Waals surface area contributed by atoms with E-state index in [1.165, 1.54) is 0 Å². The molecule has 43 heavy (non-hydrogen) atoms. The van der Waals surface area contributed by atoms with Crippen molar-refractivity contribution >= 4 is 34.7 Å². The van der Waals surface area contributed by atoms with E-state index in [9.17, 15) is 31.1 Å². The van der Waals surface area contributed by atoms with E-state index in [-0.39, 0.29) is 28.8 Å². The number of aliphatic carboxylic acids is 2. The van der Waals surface area contributed by atoms with Gasteiger partial charge in [-0.3, -0.25) is 4.79 Å². The fourth-order valence-electron chi connectivity index (χ4n) is 5.15. The SMILES string of the molecule is CCC(CC)Oc1ccc2c(NC(=O)C3CC(C)(C)CC(C)(C)C3)nn(C)c2n1.O=C(O)C(F)(F)F.O=C(O)C(F)(F)F.